The Hall–Kier alpha value is -2.30. The Bertz CT molecular complexity index is 990. The van der Waals surface area contributed by atoms with Crippen LogP contribution in [0.15, 0.2) is 29.2 Å². The highest BCUT2D eigenvalue weighted by atomic mass is 32.2. The average molecular weight is 477 g/mol. The van der Waals surface area contributed by atoms with Crippen LogP contribution in [0.25, 0.3) is 0 Å². The van der Waals surface area contributed by atoms with E-state index in [1.54, 1.807) is 0 Å². The van der Waals surface area contributed by atoms with Gasteiger partial charge in [0.15, 0.2) is 5.78 Å². The fourth-order valence-electron chi connectivity index (χ4n) is 4.44. The number of Topliss-reactive ketones (excluding diaryl/α,β-unsaturated/α-hetero) is 1. The summed E-state index contributed by atoms with van der Waals surface area (Å²) in [5.41, 5.74) is 0.474. The van der Waals surface area contributed by atoms with Crippen molar-refractivity contribution in [1.82, 2.24) is 19.4 Å². The van der Waals surface area contributed by atoms with Gasteiger partial charge in [0.05, 0.1) is 11.4 Å². The summed E-state index contributed by atoms with van der Waals surface area (Å²) < 4.78 is 27.3. The van der Waals surface area contributed by atoms with Crippen LogP contribution in [0.1, 0.15) is 43.0 Å². The van der Waals surface area contributed by atoms with Gasteiger partial charge in [-0.05, 0) is 44.7 Å². The Morgan fingerprint density at radius 3 is 2.06 bits per heavy atom. The number of piperidine rings is 1. The minimum Gasteiger partial charge on any atom is -0.352 e. The lowest BCUT2D eigenvalue weighted by Gasteiger charge is -2.38. The van der Waals surface area contributed by atoms with Gasteiger partial charge < -0.3 is 10.2 Å². The number of sulfonamides is 1. The van der Waals surface area contributed by atoms with Crippen molar-refractivity contribution < 1.29 is 22.8 Å². The van der Waals surface area contributed by atoms with Crippen molar-refractivity contribution in [3.63, 3.8) is 0 Å². The zero-order valence-corrected chi connectivity index (χ0v) is 19.8. The molecule has 2 heterocycles. The maximum atomic E-state index is 13.0. The van der Waals surface area contributed by atoms with Gasteiger partial charge in [-0.15, -0.1) is 0 Å². The Kier molecular flexibility index (Phi) is 7.16. The van der Waals surface area contributed by atoms with Gasteiger partial charge in [-0.3, -0.25) is 19.3 Å². The van der Waals surface area contributed by atoms with Crippen molar-refractivity contribution in [2.45, 2.75) is 43.5 Å². The molecular formula is C23H32N4O5S. The van der Waals surface area contributed by atoms with Gasteiger partial charge in [0, 0.05) is 56.8 Å². The van der Waals surface area contributed by atoms with Gasteiger partial charge in [-0.2, -0.15) is 4.31 Å². The topological polar surface area (TPSA) is 107 Å². The van der Waals surface area contributed by atoms with Crippen LogP contribution in [-0.2, 0) is 19.6 Å². The molecule has 180 valence electrons. The molecule has 1 aromatic carbocycles. The highest BCUT2D eigenvalue weighted by Gasteiger charge is 2.35. The summed E-state index contributed by atoms with van der Waals surface area (Å²) in [5, 5.41) is 2.99. The molecule has 0 aromatic heterocycles. The third-order valence-corrected chi connectivity index (χ3v) is 8.61. The molecule has 2 aliphatic heterocycles. The fraction of sp³-hybridized carbons (Fsp3) is 0.609. The van der Waals surface area contributed by atoms with Crippen molar-refractivity contribution in [3.05, 3.63) is 29.8 Å². The van der Waals surface area contributed by atoms with Crippen LogP contribution in [0.5, 0.6) is 0 Å². The quantitative estimate of drug-likeness (QED) is 0.581. The van der Waals surface area contributed by atoms with E-state index in [9.17, 15) is 22.8 Å². The van der Waals surface area contributed by atoms with Gasteiger partial charge >= 0.3 is 0 Å². The van der Waals surface area contributed by atoms with E-state index in [4.69, 9.17) is 0 Å². The van der Waals surface area contributed by atoms with E-state index < -0.39 is 10.0 Å². The molecule has 0 bridgehead atoms. The summed E-state index contributed by atoms with van der Waals surface area (Å²) >= 11 is 0. The van der Waals surface area contributed by atoms with Gasteiger partial charge in [0.2, 0.25) is 21.8 Å². The number of benzene rings is 1. The monoisotopic (exact) mass is 476 g/mol. The van der Waals surface area contributed by atoms with Crippen molar-refractivity contribution >= 4 is 27.6 Å². The molecule has 2 amide bonds. The van der Waals surface area contributed by atoms with Crippen molar-refractivity contribution in [3.8, 4) is 0 Å². The third kappa shape index (κ3) is 5.80. The van der Waals surface area contributed by atoms with E-state index in [1.807, 2.05) is 4.90 Å². The summed E-state index contributed by atoms with van der Waals surface area (Å²) in [5.74, 6) is -0.149. The number of carbonyl (C=O) groups excluding carboxylic acids is 3. The largest absolute Gasteiger partial charge is 0.352 e. The first-order valence-corrected chi connectivity index (χ1v) is 13.1. The lowest BCUT2D eigenvalue weighted by Crippen LogP contribution is -2.53. The molecule has 0 atom stereocenters. The summed E-state index contributed by atoms with van der Waals surface area (Å²) in [6, 6.07) is 6.35. The molecular weight excluding hydrogens is 444 g/mol. The lowest BCUT2D eigenvalue weighted by atomic mass is 9.96. The molecule has 0 radical (unpaired) electrons. The number of nitrogens with one attached hydrogen (secondary N) is 1. The first-order chi connectivity index (χ1) is 15.7. The summed E-state index contributed by atoms with van der Waals surface area (Å²) in [4.78, 5) is 40.5. The minimum absolute atomic E-state index is 0.0572. The second kappa shape index (κ2) is 9.90. The molecule has 9 nitrogen and oxygen atoms in total. The highest BCUT2D eigenvalue weighted by molar-refractivity contribution is 7.89. The Morgan fingerprint density at radius 2 is 1.52 bits per heavy atom. The molecule has 0 unspecified atom stereocenters. The molecule has 3 aliphatic rings. The van der Waals surface area contributed by atoms with Crippen molar-refractivity contribution in [2.24, 2.45) is 5.92 Å². The van der Waals surface area contributed by atoms with Crippen LogP contribution < -0.4 is 5.32 Å². The van der Waals surface area contributed by atoms with E-state index in [0.29, 0.717) is 70.3 Å². The SMILES string of the molecule is CC(=O)c1ccc(S(=O)(=O)N2CCC(C(=O)N3CCN(CC(=O)NC4CC4)CC3)CC2)cc1. The summed E-state index contributed by atoms with van der Waals surface area (Å²) in [6.07, 6.45) is 3.13. The maximum Gasteiger partial charge on any atom is 0.243 e. The molecule has 1 aliphatic carbocycles. The first-order valence-electron chi connectivity index (χ1n) is 11.7. The van der Waals surface area contributed by atoms with E-state index in [2.05, 4.69) is 10.2 Å². The van der Waals surface area contributed by atoms with E-state index in [-0.39, 0.29) is 28.4 Å². The van der Waals surface area contributed by atoms with Crippen molar-refractivity contribution in [2.75, 3.05) is 45.8 Å². The van der Waals surface area contributed by atoms with E-state index in [0.717, 1.165) is 12.8 Å². The van der Waals surface area contributed by atoms with E-state index in [1.165, 1.54) is 35.5 Å². The molecule has 0 spiro atoms. The average Bonchev–Trinajstić information content (AvgIpc) is 3.63. The smallest absolute Gasteiger partial charge is 0.243 e. The molecule has 33 heavy (non-hydrogen) atoms. The number of amides is 2. The van der Waals surface area contributed by atoms with Crippen LogP contribution in [0, 0.1) is 5.92 Å². The standard InChI is InChI=1S/C23H32N4O5S/c1-17(28)18-2-6-21(7-3-18)33(31,32)27-10-8-19(9-11-27)23(30)26-14-12-25(13-15-26)16-22(29)24-20-4-5-20/h2-3,6-7,19-20H,4-5,8-16H2,1H3,(H,24,29). The molecule has 4 rings (SSSR count). The Morgan fingerprint density at radius 1 is 0.909 bits per heavy atom. The number of hydrogen-bond donors (Lipinski definition) is 1. The van der Waals surface area contributed by atoms with Gasteiger partial charge in [0.1, 0.15) is 0 Å². The zero-order chi connectivity index (χ0) is 23.6. The lowest BCUT2D eigenvalue weighted by molar-refractivity contribution is -0.138. The molecule has 1 saturated carbocycles. The number of carbonyl (C=O) groups is 3. The van der Waals surface area contributed by atoms with Gasteiger partial charge in [-0.25, -0.2) is 8.42 Å². The number of rotatable bonds is 7. The van der Waals surface area contributed by atoms with Crippen LogP contribution in [0.3, 0.4) is 0 Å². The zero-order valence-electron chi connectivity index (χ0n) is 19.0. The molecule has 10 heteroatoms. The maximum absolute atomic E-state index is 13.0. The Labute approximate surface area is 195 Å². The van der Waals surface area contributed by atoms with Crippen molar-refractivity contribution in [1.29, 1.82) is 0 Å². The summed E-state index contributed by atoms with van der Waals surface area (Å²) in [7, 11) is -3.65. The molecule has 2 saturated heterocycles. The number of ketones is 1. The number of piperazine rings is 1. The van der Waals surface area contributed by atoms with Crippen LogP contribution >= 0.6 is 0 Å². The Balaban J connectivity index is 1.25. The number of nitrogens with zero attached hydrogens (tertiary/aromatic N) is 3. The fourth-order valence-corrected chi connectivity index (χ4v) is 5.91. The second-order valence-corrected chi connectivity index (χ2v) is 11.1. The predicted octanol–water partition coefficient (Wildman–Crippen LogP) is 0.713. The van der Waals surface area contributed by atoms with Gasteiger partial charge in [0.25, 0.3) is 0 Å². The molecule has 3 fully saturated rings. The first kappa shape index (κ1) is 23.8. The predicted molar refractivity (Wildman–Crippen MR) is 122 cm³/mol. The van der Waals surface area contributed by atoms with Crippen LogP contribution in [-0.4, -0.2) is 92.0 Å². The van der Waals surface area contributed by atoms with Crippen LogP contribution in [0.2, 0.25) is 0 Å². The van der Waals surface area contributed by atoms with Crippen LogP contribution in [0.4, 0.5) is 0 Å². The van der Waals surface area contributed by atoms with E-state index >= 15 is 0 Å². The molecule has 1 aromatic rings. The summed E-state index contributed by atoms with van der Waals surface area (Å²) in [6.45, 7) is 4.95. The molecule has 1 N–H and O–H groups in total. The van der Waals surface area contributed by atoms with Gasteiger partial charge in [-0.1, -0.05) is 12.1 Å². The minimum atomic E-state index is -3.65. The second-order valence-electron chi connectivity index (χ2n) is 9.20. The number of hydrogen-bond acceptors (Lipinski definition) is 6. The third-order valence-electron chi connectivity index (χ3n) is 6.70. The highest BCUT2D eigenvalue weighted by Crippen LogP contribution is 2.26. The normalized spacial score (nSPS) is 21.1.